The lowest BCUT2D eigenvalue weighted by Gasteiger charge is -2.11. The maximum Gasteiger partial charge on any atom is 0.490 e. The number of hydrogen-bond acceptors (Lipinski definition) is 3. The third-order valence-electron chi connectivity index (χ3n) is 1.73. The summed E-state index contributed by atoms with van der Waals surface area (Å²) in [6, 6.07) is -0.354. The zero-order valence-electron chi connectivity index (χ0n) is 10.5. The summed E-state index contributed by atoms with van der Waals surface area (Å²) >= 11 is 0. The standard InChI is InChI=1S/C9H17NO.C2HF3O2/c1-6(2)5-8(10)9(11)7(3)4;3-2(4,5)1(6)7/h6,8H,3,5,10H2,1-2,4H3;(H,6,7)/t8-;/m0./s1. The molecule has 0 aliphatic carbocycles. The van der Waals surface area contributed by atoms with Gasteiger partial charge in [-0.15, -0.1) is 0 Å². The minimum Gasteiger partial charge on any atom is -0.475 e. The first-order valence-corrected chi connectivity index (χ1v) is 5.15. The van der Waals surface area contributed by atoms with Crippen LogP contribution in [0.25, 0.3) is 0 Å². The number of hydrogen-bond donors (Lipinski definition) is 2. The van der Waals surface area contributed by atoms with Gasteiger partial charge in [0.25, 0.3) is 0 Å². The van der Waals surface area contributed by atoms with Gasteiger partial charge in [0.1, 0.15) is 0 Å². The van der Waals surface area contributed by atoms with Gasteiger partial charge >= 0.3 is 12.1 Å². The van der Waals surface area contributed by atoms with Gasteiger partial charge in [-0.25, -0.2) is 4.79 Å². The zero-order chi connectivity index (χ0) is 15.1. The molecule has 0 aromatic rings. The van der Waals surface area contributed by atoms with Crippen molar-refractivity contribution in [2.75, 3.05) is 0 Å². The minimum absolute atomic E-state index is 0.0151. The lowest BCUT2D eigenvalue weighted by atomic mass is 9.98. The Bertz CT molecular complexity index is 311. The molecule has 106 valence electrons. The average Bonchev–Trinajstić information content (AvgIpc) is 2.14. The molecule has 0 heterocycles. The maximum atomic E-state index is 11.2. The van der Waals surface area contributed by atoms with Crippen molar-refractivity contribution in [1.29, 1.82) is 0 Å². The SMILES string of the molecule is C=C(C)C(=O)[C@@H](N)CC(C)C.O=C(O)C(F)(F)F. The molecular weight excluding hydrogens is 251 g/mol. The maximum absolute atomic E-state index is 11.2. The fraction of sp³-hybridized carbons (Fsp3) is 0.636. The second kappa shape index (κ2) is 7.86. The number of carboxylic acid groups (broad SMARTS) is 1. The van der Waals surface area contributed by atoms with Gasteiger partial charge in [0.15, 0.2) is 5.78 Å². The number of carbonyl (C=O) groups is 2. The number of ketones is 1. The molecule has 1 atom stereocenters. The van der Waals surface area contributed by atoms with E-state index in [0.717, 1.165) is 6.42 Å². The summed E-state index contributed by atoms with van der Waals surface area (Å²) in [5.41, 5.74) is 6.16. The second-order valence-corrected chi connectivity index (χ2v) is 4.18. The number of nitrogens with two attached hydrogens (primary N) is 1. The van der Waals surface area contributed by atoms with E-state index in [2.05, 4.69) is 6.58 Å². The summed E-state index contributed by atoms with van der Waals surface area (Å²) in [4.78, 5) is 20.0. The summed E-state index contributed by atoms with van der Waals surface area (Å²) < 4.78 is 31.7. The highest BCUT2D eigenvalue weighted by Gasteiger charge is 2.38. The van der Waals surface area contributed by atoms with E-state index in [0.29, 0.717) is 11.5 Å². The van der Waals surface area contributed by atoms with E-state index in [1.54, 1.807) is 6.92 Å². The summed E-state index contributed by atoms with van der Waals surface area (Å²) in [5, 5.41) is 7.12. The third kappa shape index (κ3) is 9.83. The molecule has 0 saturated heterocycles. The normalized spacial score (nSPS) is 12.4. The van der Waals surface area contributed by atoms with Crippen LogP contribution in [-0.4, -0.2) is 29.1 Å². The first kappa shape index (κ1) is 19.0. The quantitative estimate of drug-likeness (QED) is 0.766. The Morgan fingerprint density at radius 2 is 1.67 bits per heavy atom. The van der Waals surface area contributed by atoms with Crippen molar-refractivity contribution in [1.82, 2.24) is 0 Å². The fourth-order valence-corrected chi connectivity index (χ4v) is 0.931. The molecule has 0 saturated carbocycles. The molecule has 0 aromatic heterocycles. The van der Waals surface area contributed by atoms with E-state index >= 15 is 0 Å². The topological polar surface area (TPSA) is 80.4 Å². The van der Waals surface area contributed by atoms with Gasteiger partial charge in [-0.3, -0.25) is 4.79 Å². The molecule has 0 amide bonds. The van der Waals surface area contributed by atoms with Gasteiger partial charge in [-0.1, -0.05) is 20.4 Å². The average molecular weight is 269 g/mol. The summed E-state index contributed by atoms with van der Waals surface area (Å²) in [7, 11) is 0. The molecule has 0 fully saturated rings. The van der Waals surface area contributed by atoms with Gasteiger partial charge < -0.3 is 10.8 Å². The molecule has 0 rings (SSSR count). The highest BCUT2D eigenvalue weighted by molar-refractivity contribution is 5.98. The number of alkyl halides is 3. The van der Waals surface area contributed by atoms with Crippen LogP contribution in [0.4, 0.5) is 13.2 Å². The van der Waals surface area contributed by atoms with E-state index in [4.69, 9.17) is 15.6 Å². The predicted molar refractivity (Wildman–Crippen MR) is 60.9 cm³/mol. The Kier molecular flexibility index (Phi) is 8.29. The van der Waals surface area contributed by atoms with Crippen molar-refractivity contribution in [2.24, 2.45) is 11.7 Å². The second-order valence-electron chi connectivity index (χ2n) is 4.18. The minimum atomic E-state index is -5.08. The highest BCUT2D eigenvalue weighted by atomic mass is 19.4. The molecule has 0 unspecified atom stereocenters. The van der Waals surface area contributed by atoms with Gasteiger partial charge in [-0.05, 0) is 24.8 Å². The molecule has 0 radical (unpaired) electrons. The molecule has 0 spiro atoms. The highest BCUT2D eigenvalue weighted by Crippen LogP contribution is 2.13. The third-order valence-corrected chi connectivity index (χ3v) is 1.73. The van der Waals surface area contributed by atoms with Crippen molar-refractivity contribution in [3.05, 3.63) is 12.2 Å². The van der Waals surface area contributed by atoms with Crippen LogP contribution in [0.1, 0.15) is 27.2 Å². The molecule has 0 aliphatic rings. The zero-order valence-corrected chi connectivity index (χ0v) is 10.5. The molecule has 4 nitrogen and oxygen atoms in total. The van der Waals surface area contributed by atoms with Crippen LogP contribution in [0.5, 0.6) is 0 Å². The van der Waals surface area contributed by atoms with E-state index in [1.807, 2.05) is 13.8 Å². The van der Waals surface area contributed by atoms with Crippen LogP contribution in [-0.2, 0) is 9.59 Å². The Hall–Kier alpha value is -1.37. The number of rotatable bonds is 4. The van der Waals surface area contributed by atoms with Crippen LogP contribution in [0.3, 0.4) is 0 Å². The lowest BCUT2D eigenvalue weighted by molar-refractivity contribution is -0.192. The Morgan fingerprint density at radius 1 is 1.33 bits per heavy atom. The van der Waals surface area contributed by atoms with Gasteiger partial charge in [0.2, 0.25) is 0 Å². The number of halogens is 3. The van der Waals surface area contributed by atoms with Crippen LogP contribution in [0.2, 0.25) is 0 Å². The number of aliphatic carboxylic acids is 1. The van der Waals surface area contributed by atoms with Gasteiger partial charge in [0.05, 0.1) is 6.04 Å². The van der Waals surface area contributed by atoms with E-state index in [-0.39, 0.29) is 11.8 Å². The summed E-state index contributed by atoms with van der Waals surface area (Å²) in [6.07, 6.45) is -4.34. The van der Waals surface area contributed by atoms with Crippen LogP contribution < -0.4 is 5.73 Å². The monoisotopic (exact) mass is 269 g/mol. The van der Waals surface area contributed by atoms with Crippen LogP contribution in [0.15, 0.2) is 12.2 Å². The summed E-state index contributed by atoms with van der Waals surface area (Å²) in [5.74, 6) is -2.31. The van der Waals surface area contributed by atoms with E-state index in [1.165, 1.54) is 0 Å². The molecule has 7 heteroatoms. The van der Waals surface area contributed by atoms with Crippen molar-refractivity contribution in [3.8, 4) is 0 Å². The molecule has 0 aromatic carbocycles. The summed E-state index contributed by atoms with van der Waals surface area (Å²) in [6.45, 7) is 9.35. The van der Waals surface area contributed by atoms with Crippen molar-refractivity contribution >= 4 is 11.8 Å². The van der Waals surface area contributed by atoms with E-state index < -0.39 is 12.1 Å². The molecule has 3 N–H and O–H groups in total. The lowest BCUT2D eigenvalue weighted by Crippen LogP contribution is -2.32. The molecule has 0 bridgehead atoms. The first-order valence-electron chi connectivity index (χ1n) is 5.15. The van der Waals surface area contributed by atoms with Crippen molar-refractivity contribution in [2.45, 2.75) is 39.4 Å². The molecule has 0 aliphatic heterocycles. The Morgan fingerprint density at radius 3 is 1.83 bits per heavy atom. The first-order chi connectivity index (χ1) is 7.89. The smallest absolute Gasteiger partial charge is 0.475 e. The largest absolute Gasteiger partial charge is 0.490 e. The molecule has 18 heavy (non-hydrogen) atoms. The Balaban J connectivity index is 0. The number of Topliss-reactive ketones (excluding diaryl/α,β-unsaturated/α-hetero) is 1. The van der Waals surface area contributed by atoms with Crippen molar-refractivity contribution < 1.29 is 27.9 Å². The van der Waals surface area contributed by atoms with Crippen molar-refractivity contribution in [3.63, 3.8) is 0 Å². The van der Waals surface area contributed by atoms with Crippen LogP contribution >= 0.6 is 0 Å². The number of carbonyl (C=O) groups excluding carboxylic acids is 1. The predicted octanol–water partition coefficient (Wildman–Crippen LogP) is 2.14. The van der Waals surface area contributed by atoms with Gasteiger partial charge in [-0.2, -0.15) is 13.2 Å². The number of carboxylic acids is 1. The van der Waals surface area contributed by atoms with E-state index in [9.17, 15) is 18.0 Å². The fourth-order valence-electron chi connectivity index (χ4n) is 0.931. The molecular formula is C11H18F3NO3. The van der Waals surface area contributed by atoms with Crippen LogP contribution in [0, 0.1) is 5.92 Å². The Labute approximate surface area is 104 Å². The van der Waals surface area contributed by atoms with Gasteiger partial charge in [0, 0.05) is 0 Å².